The molecule has 0 saturated carbocycles. The molecule has 2 heterocycles. The van der Waals surface area contributed by atoms with E-state index in [1.54, 1.807) is 6.07 Å². The molecule has 0 unspecified atom stereocenters. The summed E-state index contributed by atoms with van der Waals surface area (Å²) in [6.07, 6.45) is -2.97. The molecule has 2 rings (SSSR count). The summed E-state index contributed by atoms with van der Waals surface area (Å²) >= 11 is 0.949. The molecule has 6 nitrogen and oxygen atoms in total. The Hall–Kier alpha value is -1.37. The first-order valence-corrected chi connectivity index (χ1v) is 7.30. The average molecular weight is 461 g/mol. The van der Waals surface area contributed by atoms with Crippen LogP contribution in [0.15, 0.2) is 27.2 Å². The lowest BCUT2D eigenvalue weighted by atomic mass is 10.4. The van der Waals surface area contributed by atoms with Crippen molar-refractivity contribution in [3.63, 3.8) is 0 Å². The monoisotopic (exact) mass is 461 g/mol. The number of thiazole rings is 1. The lowest BCUT2D eigenvalue weighted by molar-refractivity contribution is -0.140. The minimum atomic E-state index is -4.42. The zero-order valence-corrected chi connectivity index (χ0v) is 15.2. The van der Waals surface area contributed by atoms with Gasteiger partial charge in [-0.1, -0.05) is 5.16 Å². The first-order valence-electron chi connectivity index (χ1n) is 6.42. The van der Waals surface area contributed by atoms with Crippen molar-refractivity contribution in [3.8, 4) is 0 Å². The normalized spacial score (nSPS) is 11.9. The van der Waals surface area contributed by atoms with E-state index in [2.05, 4.69) is 25.8 Å². The van der Waals surface area contributed by atoms with E-state index in [0.717, 1.165) is 16.7 Å². The molecule has 0 bridgehead atoms. The highest BCUT2D eigenvalue weighted by molar-refractivity contribution is 14.0. The molecule has 23 heavy (non-hydrogen) atoms. The maximum atomic E-state index is 12.5. The number of rotatable bonds is 5. The van der Waals surface area contributed by atoms with Crippen LogP contribution < -0.4 is 10.6 Å². The van der Waals surface area contributed by atoms with Crippen LogP contribution in [-0.2, 0) is 19.3 Å². The Morgan fingerprint density at radius 3 is 2.74 bits per heavy atom. The summed E-state index contributed by atoms with van der Waals surface area (Å²) in [6.45, 7) is 2.97. The number of nitrogens with zero attached hydrogens (tertiary/aromatic N) is 3. The maximum absolute atomic E-state index is 12.5. The Bertz CT molecular complexity index is 614. The molecule has 0 aromatic carbocycles. The average Bonchev–Trinajstić information content (AvgIpc) is 3.12. The Morgan fingerprint density at radius 2 is 2.17 bits per heavy atom. The topological polar surface area (TPSA) is 75.3 Å². The van der Waals surface area contributed by atoms with Crippen LogP contribution in [-0.4, -0.2) is 22.6 Å². The number of halogens is 4. The van der Waals surface area contributed by atoms with Crippen LogP contribution in [0.25, 0.3) is 0 Å². The largest absolute Gasteiger partial charge is 0.434 e. The minimum absolute atomic E-state index is 0. The van der Waals surface area contributed by atoms with Crippen molar-refractivity contribution in [3.05, 3.63) is 34.1 Å². The highest BCUT2D eigenvalue weighted by Gasteiger charge is 2.33. The number of nitrogens with one attached hydrogen (secondary N) is 2. The number of hydrogen-bond acceptors (Lipinski definition) is 5. The predicted octanol–water partition coefficient (Wildman–Crippen LogP) is 3.02. The smallest absolute Gasteiger partial charge is 0.364 e. The van der Waals surface area contributed by atoms with Gasteiger partial charge < -0.3 is 15.2 Å². The summed E-state index contributed by atoms with van der Waals surface area (Å²) in [4.78, 5) is 7.80. The first-order chi connectivity index (χ1) is 10.5. The van der Waals surface area contributed by atoms with Gasteiger partial charge in [0.1, 0.15) is 17.0 Å². The van der Waals surface area contributed by atoms with Gasteiger partial charge in [0.25, 0.3) is 0 Å². The van der Waals surface area contributed by atoms with Crippen LogP contribution in [0.3, 0.4) is 0 Å². The summed E-state index contributed by atoms with van der Waals surface area (Å²) in [7, 11) is 0. The molecule has 0 atom stereocenters. The summed E-state index contributed by atoms with van der Waals surface area (Å²) in [5, 5.41) is 11.0. The third-order valence-corrected chi connectivity index (χ3v) is 3.33. The second kappa shape index (κ2) is 9.05. The summed E-state index contributed by atoms with van der Waals surface area (Å²) in [5.41, 5.74) is -0.218. The predicted molar refractivity (Wildman–Crippen MR) is 90.7 cm³/mol. The molecular weight excluding hydrogens is 446 g/mol. The van der Waals surface area contributed by atoms with Crippen LogP contribution in [0.2, 0.25) is 0 Å². The molecule has 128 valence electrons. The van der Waals surface area contributed by atoms with Gasteiger partial charge in [-0.15, -0.1) is 35.3 Å². The number of hydrogen-bond donors (Lipinski definition) is 2. The van der Waals surface area contributed by atoms with Crippen molar-refractivity contribution in [1.29, 1.82) is 0 Å². The van der Waals surface area contributed by atoms with Crippen LogP contribution in [0, 0.1) is 0 Å². The van der Waals surface area contributed by atoms with E-state index in [1.165, 1.54) is 6.26 Å². The number of aliphatic imine (C=N–C) groups is 1. The molecule has 0 radical (unpaired) electrons. The van der Waals surface area contributed by atoms with Gasteiger partial charge in [-0.25, -0.2) is 9.98 Å². The van der Waals surface area contributed by atoms with E-state index >= 15 is 0 Å². The first kappa shape index (κ1) is 19.7. The lowest BCUT2D eigenvalue weighted by Crippen LogP contribution is -2.36. The van der Waals surface area contributed by atoms with Gasteiger partial charge in [-0.05, 0) is 6.92 Å². The van der Waals surface area contributed by atoms with Crippen LogP contribution in [0.1, 0.15) is 23.3 Å². The Labute approximate surface area is 151 Å². The van der Waals surface area contributed by atoms with Crippen molar-refractivity contribution in [2.75, 3.05) is 6.54 Å². The molecule has 2 N–H and O–H groups in total. The Kier molecular flexibility index (Phi) is 7.75. The highest BCUT2D eigenvalue weighted by atomic mass is 127. The molecular formula is C12H15F3IN5OS. The van der Waals surface area contributed by atoms with E-state index in [9.17, 15) is 13.2 Å². The highest BCUT2D eigenvalue weighted by Crippen LogP contribution is 2.29. The zero-order chi connectivity index (χ0) is 16.0. The molecule has 0 amide bonds. The van der Waals surface area contributed by atoms with Gasteiger partial charge in [-0.3, -0.25) is 0 Å². The molecule has 0 saturated heterocycles. The molecule has 2 aromatic heterocycles. The van der Waals surface area contributed by atoms with Crippen molar-refractivity contribution in [2.24, 2.45) is 4.99 Å². The fourth-order valence-electron chi connectivity index (χ4n) is 1.50. The van der Waals surface area contributed by atoms with Gasteiger partial charge in [-0.2, -0.15) is 13.2 Å². The van der Waals surface area contributed by atoms with Gasteiger partial charge in [0.05, 0.1) is 13.1 Å². The summed E-state index contributed by atoms with van der Waals surface area (Å²) < 4.78 is 42.1. The molecule has 0 spiro atoms. The van der Waals surface area contributed by atoms with E-state index < -0.39 is 11.9 Å². The van der Waals surface area contributed by atoms with Gasteiger partial charge in [0.2, 0.25) is 0 Å². The SMILES string of the molecule is CCNC(=NCc1ccon1)NCc1nc(C(F)(F)F)cs1.I. The second-order valence-electron chi connectivity index (χ2n) is 4.16. The standard InChI is InChI=1S/C12H14F3N5OS.HI/c1-2-16-11(17-5-8-3-4-21-20-8)18-6-10-19-9(7-22-10)12(13,14)15;/h3-4,7H,2,5-6H2,1H3,(H2,16,17,18);1H. The fourth-order valence-corrected chi connectivity index (χ4v) is 2.24. The number of aromatic nitrogens is 2. The van der Waals surface area contributed by atoms with Gasteiger partial charge in [0, 0.05) is 18.0 Å². The van der Waals surface area contributed by atoms with Crippen molar-refractivity contribution < 1.29 is 17.7 Å². The minimum Gasteiger partial charge on any atom is -0.364 e. The molecule has 0 aliphatic rings. The Morgan fingerprint density at radius 1 is 1.39 bits per heavy atom. The lowest BCUT2D eigenvalue weighted by Gasteiger charge is -2.09. The number of alkyl halides is 3. The van der Waals surface area contributed by atoms with E-state index in [4.69, 9.17) is 4.52 Å². The zero-order valence-electron chi connectivity index (χ0n) is 12.1. The molecule has 11 heteroatoms. The third kappa shape index (κ3) is 6.33. The van der Waals surface area contributed by atoms with E-state index in [-0.39, 0.29) is 30.5 Å². The summed E-state index contributed by atoms with van der Waals surface area (Å²) in [6, 6.07) is 1.68. The fraction of sp³-hybridized carbons (Fsp3) is 0.417. The molecule has 2 aromatic rings. The van der Waals surface area contributed by atoms with Gasteiger partial charge in [0.15, 0.2) is 11.7 Å². The Balaban J connectivity index is 0.00000264. The molecule has 0 fully saturated rings. The number of guanidine groups is 1. The van der Waals surface area contributed by atoms with E-state index in [1.807, 2.05) is 6.92 Å². The van der Waals surface area contributed by atoms with Crippen molar-refractivity contribution >= 4 is 41.3 Å². The molecule has 0 aliphatic heterocycles. The maximum Gasteiger partial charge on any atom is 0.434 e. The third-order valence-electron chi connectivity index (χ3n) is 2.48. The van der Waals surface area contributed by atoms with Crippen LogP contribution in [0.4, 0.5) is 13.2 Å². The van der Waals surface area contributed by atoms with E-state index in [0.29, 0.717) is 29.8 Å². The van der Waals surface area contributed by atoms with Crippen molar-refractivity contribution in [2.45, 2.75) is 26.2 Å². The molecule has 0 aliphatic carbocycles. The second-order valence-corrected chi connectivity index (χ2v) is 5.11. The quantitative estimate of drug-likeness (QED) is 0.407. The van der Waals surface area contributed by atoms with Crippen molar-refractivity contribution in [1.82, 2.24) is 20.8 Å². The van der Waals surface area contributed by atoms with Gasteiger partial charge >= 0.3 is 6.18 Å². The van der Waals surface area contributed by atoms with Crippen LogP contribution in [0.5, 0.6) is 0 Å². The van der Waals surface area contributed by atoms with Crippen LogP contribution >= 0.6 is 35.3 Å². The summed E-state index contributed by atoms with van der Waals surface area (Å²) in [5.74, 6) is 0.467.